The van der Waals surface area contributed by atoms with Crippen molar-refractivity contribution in [1.82, 2.24) is 4.72 Å². The molecular formula is C12H17N3O4S. The summed E-state index contributed by atoms with van der Waals surface area (Å²) in [5, 5.41) is 10.9. The molecule has 0 heterocycles. The van der Waals surface area contributed by atoms with E-state index in [9.17, 15) is 18.5 Å². The maximum absolute atomic E-state index is 12.4. The van der Waals surface area contributed by atoms with Crippen LogP contribution in [-0.4, -0.2) is 25.4 Å². The second-order valence-electron chi connectivity index (χ2n) is 5.02. The first kappa shape index (κ1) is 14.9. The summed E-state index contributed by atoms with van der Waals surface area (Å²) < 4.78 is 27.4. The summed E-state index contributed by atoms with van der Waals surface area (Å²) in [5.41, 5.74) is 4.59. The minimum atomic E-state index is -3.96. The molecule has 0 aliphatic heterocycles. The van der Waals surface area contributed by atoms with Gasteiger partial charge in [-0.25, -0.2) is 13.1 Å². The maximum atomic E-state index is 12.4. The van der Waals surface area contributed by atoms with Crippen molar-refractivity contribution in [2.24, 2.45) is 5.73 Å². The first-order chi connectivity index (χ1) is 9.40. The van der Waals surface area contributed by atoms with Gasteiger partial charge in [0, 0.05) is 18.2 Å². The van der Waals surface area contributed by atoms with Gasteiger partial charge in [-0.3, -0.25) is 10.1 Å². The van der Waals surface area contributed by atoms with E-state index in [0.29, 0.717) is 12.8 Å². The highest BCUT2D eigenvalue weighted by atomic mass is 32.2. The highest BCUT2D eigenvalue weighted by Gasteiger charge is 2.38. The third kappa shape index (κ3) is 2.82. The van der Waals surface area contributed by atoms with Crippen molar-refractivity contribution in [2.75, 3.05) is 6.54 Å². The number of hydrogen-bond acceptors (Lipinski definition) is 5. The van der Waals surface area contributed by atoms with Gasteiger partial charge < -0.3 is 5.73 Å². The van der Waals surface area contributed by atoms with E-state index in [1.807, 2.05) is 0 Å². The van der Waals surface area contributed by atoms with Gasteiger partial charge in [0.05, 0.1) is 4.92 Å². The van der Waals surface area contributed by atoms with E-state index in [2.05, 4.69) is 4.72 Å². The quantitative estimate of drug-likeness (QED) is 0.625. The number of nitrogens with two attached hydrogens (primary N) is 1. The minimum Gasteiger partial charge on any atom is -0.329 e. The standard InChI is InChI=1S/C12H17N3O4S/c13-9-12(7-3-4-8-12)14-20(18,19)11-6-2-1-5-10(11)15(16)17/h1-2,5-6,14H,3-4,7-9,13H2. The molecule has 1 aliphatic carbocycles. The van der Waals surface area contributed by atoms with Crippen molar-refractivity contribution in [3.05, 3.63) is 34.4 Å². The number of rotatable bonds is 5. The first-order valence-electron chi connectivity index (χ1n) is 6.38. The summed E-state index contributed by atoms with van der Waals surface area (Å²) in [6.07, 6.45) is 3.11. The average Bonchev–Trinajstić information content (AvgIpc) is 2.87. The molecule has 0 unspecified atom stereocenters. The van der Waals surface area contributed by atoms with Crippen molar-refractivity contribution in [3.63, 3.8) is 0 Å². The number of nitrogens with zero attached hydrogens (tertiary/aromatic N) is 1. The normalized spacial score (nSPS) is 18.1. The Morgan fingerprint density at radius 2 is 1.90 bits per heavy atom. The summed E-state index contributed by atoms with van der Waals surface area (Å²) >= 11 is 0. The smallest absolute Gasteiger partial charge is 0.289 e. The van der Waals surface area contributed by atoms with Crippen molar-refractivity contribution < 1.29 is 13.3 Å². The van der Waals surface area contributed by atoms with Crippen LogP contribution in [0.25, 0.3) is 0 Å². The molecule has 110 valence electrons. The van der Waals surface area contributed by atoms with Crippen LogP contribution in [0.1, 0.15) is 25.7 Å². The summed E-state index contributed by atoms with van der Waals surface area (Å²) in [6, 6.07) is 5.31. The number of nitro benzene ring substituents is 1. The van der Waals surface area contributed by atoms with Gasteiger partial charge in [0.2, 0.25) is 10.0 Å². The average molecular weight is 299 g/mol. The molecule has 0 radical (unpaired) electrons. The third-order valence-electron chi connectivity index (χ3n) is 3.65. The van der Waals surface area contributed by atoms with Crippen LogP contribution >= 0.6 is 0 Å². The molecule has 1 aromatic rings. The van der Waals surface area contributed by atoms with E-state index < -0.39 is 26.2 Å². The van der Waals surface area contributed by atoms with Crippen molar-refractivity contribution in [3.8, 4) is 0 Å². The van der Waals surface area contributed by atoms with Gasteiger partial charge in [0.15, 0.2) is 4.90 Å². The Hall–Kier alpha value is -1.51. The third-order valence-corrected chi connectivity index (χ3v) is 5.28. The second kappa shape index (κ2) is 5.47. The Bertz CT molecular complexity index is 609. The molecule has 20 heavy (non-hydrogen) atoms. The van der Waals surface area contributed by atoms with Crippen LogP contribution in [0.3, 0.4) is 0 Å². The highest BCUT2D eigenvalue weighted by Crippen LogP contribution is 2.32. The summed E-state index contributed by atoms with van der Waals surface area (Å²) in [4.78, 5) is 9.93. The molecule has 1 aromatic carbocycles. The van der Waals surface area contributed by atoms with Crippen LogP contribution in [0.5, 0.6) is 0 Å². The molecule has 1 saturated carbocycles. The molecule has 0 atom stereocenters. The number of sulfonamides is 1. The van der Waals surface area contributed by atoms with Gasteiger partial charge in [0.1, 0.15) is 0 Å². The highest BCUT2D eigenvalue weighted by molar-refractivity contribution is 7.89. The molecule has 1 fully saturated rings. The lowest BCUT2D eigenvalue weighted by Gasteiger charge is -2.28. The van der Waals surface area contributed by atoms with E-state index in [1.165, 1.54) is 24.3 Å². The minimum absolute atomic E-state index is 0.187. The van der Waals surface area contributed by atoms with Crippen LogP contribution < -0.4 is 10.5 Å². The lowest BCUT2D eigenvalue weighted by atomic mass is 10.0. The Morgan fingerprint density at radius 1 is 1.30 bits per heavy atom. The molecule has 0 aromatic heterocycles. The second-order valence-corrected chi connectivity index (χ2v) is 6.67. The predicted octanol–water partition coefficient (Wildman–Crippen LogP) is 1.14. The molecule has 3 N–H and O–H groups in total. The molecule has 0 amide bonds. The fourth-order valence-electron chi connectivity index (χ4n) is 2.57. The molecule has 8 heteroatoms. The van der Waals surface area contributed by atoms with Crippen LogP contribution in [0, 0.1) is 10.1 Å². The number of hydrogen-bond donors (Lipinski definition) is 2. The molecule has 0 saturated heterocycles. The lowest BCUT2D eigenvalue weighted by Crippen LogP contribution is -2.51. The lowest BCUT2D eigenvalue weighted by molar-refractivity contribution is -0.387. The van der Waals surface area contributed by atoms with Gasteiger partial charge in [-0.1, -0.05) is 25.0 Å². The SMILES string of the molecule is NCC1(NS(=O)(=O)c2ccccc2[N+](=O)[O-])CCCC1. The zero-order valence-electron chi connectivity index (χ0n) is 10.9. The summed E-state index contributed by atoms with van der Waals surface area (Å²) in [7, 11) is -3.96. The van der Waals surface area contributed by atoms with Crippen molar-refractivity contribution >= 4 is 15.7 Å². The predicted molar refractivity (Wildman–Crippen MR) is 73.7 cm³/mol. The monoisotopic (exact) mass is 299 g/mol. The maximum Gasteiger partial charge on any atom is 0.289 e. The van der Waals surface area contributed by atoms with Crippen LogP contribution in [0.4, 0.5) is 5.69 Å². The molecular weight excluding hydrogens is 282 g/mol. The fourth-order valence-corrected chi connectivity index (χ4v) is 4.22. The van der Waals surface area contributed by atoms with E-state index in [4.69, 9.17) is 5.73 Å². The van der Waals surface area contributed by atoms with Gasteiger partial charge in [0.25, 0.3) is 5.69 Å². The Balaban J connectivity index is 2.38. The zero-order valence-corrected chi connectivity index (χ0v) is 11.7. The number of benzene rings is 1. The van der Waals surface area contributed by atoms with E-state index >= 15 is 0 Å². The zero-order chi connectivity index (χ0) is 14.8. The van der Waals surface area contributed by atoms with Crippen molar-refractivity contribution in [1.29, 1.82) is 0 Å². The number of para-hydroxylation sites is 1. The molecule has 1 aliphatic rings. The molecule has 7 nitrogen and oxygen atoms in total. The van der Waals surface area contributed by atoms with Gasteiger partial charge in [-0.2, -0.15) is 0 Å². The van der Waals surface area contributed by atoms with Crippen LogP contribution in [0.2, 0.25) is 0 Å². The van der Waals surface area contributed by atoms with Crippen LogP contribution in [-0.2, 0) is 10.0 Å². The van der Waals surface area contributed by atoms with Crippen LogP contribution in [0.15, 0.2) is 29.2 Å². The van der Waals surface area contributed by atoms with E-state index in [0.717, 1.165) is 12.8 Å². The fraction of sp³-hybridized carbons (Fsp3) is 0.500. The molecule has 0 spiro atoms. The summed E-state index contributed by atoms with van der Waals surface area (Å²) in [6.45, 7) is 0.187. The number of nitrogens with one attached hydrogen (secondary N) is 1. The van der Waals surface area contributed by atoms with E-state index in [1.54, 1.807) is 0 Å². The summed E-state index contributed by atoms with van der Waals surface area (Å²) in [5.74, 6) is 0. The van der Waals surface area contributed by atoms with E-state index in [-0.39, 0.29) is 11.4 Å². The van der Waals surface area contributed by atoms with Crippen molar-refractivity contribution in [2.45, 2.75) is 36.1 Å². The molecule has 0 bridgehead atoms. The first-order valence-corrected chi connectivity index (χ1v) is 7.86. The Kier molecular flexibility index (Phi) is 4.07. The topological polar surface area (TPSA) is 115 Å². The molecule has 2 rings (SSSR count). The number of nitro groups is 1. The van der Waals surface area contributed by atoms with Gasteiger partial charge >= 0.3 is 0 Å². The Labute approximate surface area is 117 Å². The van der Waals surface area contributed by atoms with Gasteiger partial charge in [-0.05, 0) is 18.9 Å². The largest absolute Gasteiger partial charge is 0.329 e. The van der Waals surface area contributed by atoms with Gasteiger partial charge in [-0.15, -0.1) is 0 Å². The Morgan fingerprint density at radius 3 is 2.45 bits per heavy atom.